The van der Waals surface area contributed by atoms with Gasteiger partial charge >= 0.3 is 0 Å². The van der Waals surface area contributed by atoms with Crippen LogP contribution in [0.4, 0.5) is 10.1 Å². The third-order valence-corrected chi connectivity index (χ3v) is 4.67. The zero-order valence-corrected chi connectivity index (χ0v) is 14.8. The third-order valence-electron chi connectivity index (χ3n) is 4.67. The second-order valence-electron chi connectivity index (χ2n) is 6.46. The van der Waals surface area contributed by atoms with Crippen molar-refractivity contribution in [2.24, 2.45) is 4.99 Å². The normalized spacial score (nSPS) is 14.9. The molecule has 27 heavy (non-hydrogen) atoms. The van der Waals surface area contributed by atoms with E-state index in [1.807, 2.05) is 39.9 Å². The van der Waals surface area contributed by atoms with Crippen molar-refractivity contribution in [2.75, 3.05) is 26.3 Å². The maximum absolute atomic E-state index is 13.0. The van der Waals surface area contributed by atoms with E-state index < -0.39 is 0 Å². The number of carbonyl (C=O) groups is 1. The second-order valence-corrected chi connectivity index (χ2v) is 6.46. The summed E-state index contributed by atoms with van der Waals surface area (Å²) in [6.45, 7) is 2.74. The van der Waals surface area contributed by atoms with Crippen LogP contribution in [0.3, 0.4) is 0 Å². The number of morpholine rings is 1. The highest BCUT2D eigenvalue weighted by Gasteiger charge is 2.18. The van der Waals surface area contributed by atoms with Gasteiger partial charge in [-0.25, -0.2) is 4.39 Å². The van der Waals surface area contributed by atoms with Crippen molar-refractivity contribution < 1.29 is 13.9 Å². The molecular formula is C21H20FN3O2. The van der Waals surface area contributed by atoms with Crippen LogP contribution in [-0.2, 0) is 16.1 Å². The zero-order chi connectivity index (χ0) is 18.6. The minimum Gasteiger partial charge on any atom is -0.378 e. The number of rotatable bonds is 4. The molecule has 0 radical (unpaired) electrons. The molecule has 1 aliphatic heterocycles. The molecule has 2 aromatic carbocycles. The van der Waals surface area contributed by atoms with E-state index in [-0.39, 0.29) is 18.3 Å². The van der Waals surface area contributed by atoms with Gasteiger partial charge in [0.2, 0.25) is 5.91 Å². The fourth-order valence-electron chi connectivity index (χ4n) is 3.24. The smallest absolute Gasteiger partial charge is 0.242 e. The van der Waals surface area contributed by atoms with Crippen molar-refractivity contribution in [3.8, 4) is 0 Å². The summed E-state index contributed by atoms with van der Waals surface area (Å²) in [5.74, 6) is -0.201. The molecule has 3 aromatic rings. The molecule has 5 nitrogen and oxygen atoms in total. The first-order valence-corrected chi connectivity index (χ1v) is 8.94. The van der Waals surface area contributed by atoms with E-state index >= 15 is 0 Å². The summed E-state index contributed by atoms with van der Waals surface area (Å²) in [6, 6.07) is 14.0. The van der Waals surface area contributed by atoms with Crippen molar-refractivity contribution in [2.45, 2.75) is 6.54 Å². The first-order valence-electron chi connectivity index (χ1n) is 8.94. The molecular weight excluding hydrogens is 345 g/mol. The van der Waals surface area contributed by atoms with Gasteiger partial charge < -0.3 is 14.2 Å². The van der Waals surface area contributed by atoms with Crippen LogP contribution in [0.25, 0.3) is 10.9 Å². The number of hydrogen-bond acceptors (Lipinski definition) is 3. The van der Waals surface area contributed by atoms with Gasteiger partial charge in [-0.2, -0.15) is 0 Å². The van der Waals surface area contributed by atoms with Crippen molar-refractivity contribution in [3.63, 3.8) is 0 Å². The summed E-state index contributed by atoms with van der Waals surface area (Å²) in [4.78, 5) is 18.9. The quantitative estimate of drug-likeness (QED) is 0.666. The lowest BCUT2D eigenvalue weighted by atomic mass is 10.2. The Hall–Kier alpha value is -2.99. The minimum absolute atomic E-state index is 0.0843. The van der Waals surface area contributed by atoms with Crippen LogP contribution in [0, 0.1) is 5.82 Å². The van der Waals surface area contributed by atoms with Crippen molar-refractivity contribution in [3.05, 3.63) is 66.1 Å². The molecule has 0 unspecified atom stereocenters. The molecule has 0 aliphatic carbocycles. The predicted octanol–water partition coefficient (Wildman–Crippen LogP) is 3.39. The van der Waals surface area contributed by atoms with Gasteiger partial charge in [0.1, 0.15) is 12.4 Å². The molecule has 0 atom stereocenters. The lowest BCUT2D eigenvalue weighted by Gasteiger charge is -2.27. The monoisotopic (exact) mass is 365 g/mol. The molecule has 1 saturated heterocycles. The molecule has 1 amide bonds. The average molecular weight is 365 g/mol. The van der Waals surface area contributed by atoms with E-state index in [1.54, 1.807) is 18.3 Å². The van der Waals surface area contributed by atoms with E-state index in [2.05, 4.69) is 4.99 Å². The van der Waals surface area contributed by atoms with Gasteiger partial charge in [0, 0.05) is 42.0 Å². The van der Waals surface area contributed by atoms with Gasteiger partial charge in [0.05, 0.1) is 18.9 Å². The topological polar surface area (TPSA) is 46.8 Å². The number of aromatic nitrogens is 1. The Labute approximate surface area is 156 Å². The van der Waals surface area contributed by atoms with E-state index in [9.17, 15) is 9.18 Å². The first-order chi connectivity index (χ1) is 13.2. The Morgan fingerprint density at radius 2 is 1.85 bits per heavy atom. The number of para-hydroxylation sites is 1. The van der Waals surface area contributed by atoms with Gasteiger partial charge in [0.25, 0.3) is 0 Å². The lowest BCUT2D eigenvalue weighted by Crippen LogP contribution is -2.42. The summed E-state index contributed by atoms with van der Waals surface area (Å²) in [5.41, 5.74) is 2.59. The summed E-state index contributed by atoms with van der Waals surface area (Å²) in [5, 5.41) is 1.03. The van der Waals surface area contributed by atoms with Crippen molar-refractivity contribution in [1.82, 2.24) is 9.47 Å². The number of ether oxygens (including phenoxy) is 1. The molecule has 4 rings (SSSR count). The number of fused-ring (bicyclic) bond motifs is 1. The van der Waals surface area contributed by atoms with Gasteiger partial charge in [-0.05, 0) is 30.3 Å². The molecule has 0 saturated carbocycles. The number of aliphatic imine (C=N–C) groups is 1. The molecule has 0 N–H and O–H groups in total. The molecule has 1 fully saturated rings. The minimum atomic E-state index is -0.285. The maximum Gasteiger partial charge on any atom is 0.242 e. The third kappa shape index (κ3) is 3.90. The second kappa shape index (κ2) is 7.72. The molecule has 1 aliphatic rings. The highest BCUT2D eigenvalue weighted by atomic mass is 19.1. The van der Waals surface area contributed by atoms with Crippen LogP contribution in [0.2, 0.25) is 0 Å². The van der Waals surface area contributed by atoms with Crippen molar-refractivity contribution in [1.29, 1.82) is 0 Å². The van der Waals surface area contributed by atoms with E-state index in [0.29, 0.717) is 32.0 Å². The molecule has 6 heteroatoms. The Morgan fingerprint density at radius 3 is 2.63 bits per heavy atom. The van der Waals surface area contributed by atoms with Crippen LogP contribution < -0.4 is 0 Å². The van der Waals surface area contributed by atoms with Gasteiger partial charge in [-0.15, -0.1) is 0 Å². The number of amides is 1. The molecule has 138 valence electrons. The Morgan fingerprint density at radius 1 is 1.11 bits per heavy atom. The van der Waals surface area contributed by atoms with E-state index in [0.717, 1.165) is 16.5 Å². The van der Waals surface area contributed by atoms with E-state index in [4.69, 9.17) is 4.74 Å². The highest BCUT2D eigenvalue weighted by molar-refractivity contribution is 6.00. The number of hydrogen-bond donors (Lipinski definition) is 0. The molecule has 0 spiro atoms. The number of nitrogens with zero attached hydrogens (tertiary/aromatic N) is 3. The Bertz CT molecular complexity index is 973. The standard InChI is InChI=1S/C21H20FN3O2/c22-17-5-7-18(8-6-17)23-13-16-14-25(20-4-2-1-3-19(16)20)15-21(26)24-9-11-27-12-10-24/h1-8,13-14H,9-12,15H2. The van der Waals surface area contributed by atoms with Crippen LogP contribution in [0.5, 0.6) is 0 Å². The lowest BCUT2D eigenvalue weighted by molar-refractivity contribution is -0.135. The molecule has 0 bridgehead atoms. The van der Waals surface area contributed by atoms with Gasteiger partial charge in [-0.3, -0.25) is 9.79 Å². The average Bonchev–Trinajstić information content (AvgIpc) is 3.06. The van der Waals surface area contributed by atoms with Gasteiger partial charge in [-0.1, -0.05) is 18.2 Å². The SMILES string of the molecule is O=C(Cn1cc(C=Nc2ccc(F)cc2)c2ccccc21)N1CCOCC1. The first kappa shape index (κ1) is 17.4. The Kier molecular flexibility index (Phi) is 4.98. The Balaban J connectivity index is 1.60. The zero-order valence-electron chi connectivity index (χ0n) is 14.8. The van der Waals surface area contributed by atoms with Crippen molar-refractivity contribution >= 4 is 28.7 Å². The number of halogens is 1. The predicted molar refractivity (Wildman–Crippen MR) is 103 cm³/mol. The summed E-state index contributed by atoms with van der Waals surface area (Å²) >= 11 is 0. The molecule has 1 aromatic heterocycles. The maximum atomic E-state index is 13.0. The highest BCUT2D eigenvalue weighted by Crippen LogP contribution is 2.21. The summed E-state index contributed by atoms with van der Waals surface area (Å²) < 4.78 is 20.3. The number of benzene rings is 2. The van der Waals surface area contributed by atoms with Crippen LogP contribution in [0.1, 0.15) is 5.56 Å². The van der Waals surface area contributed by atoms with Crippen LogP contribution in [-0.4, -0.2) is 47.9 Å². The summed E-state index contributed by atoms with van der Waals surface area (Å²) in [7, 11) is 0. The largest absolute Gasteiger partial charge is 0.378 e. The summed E-state index contributed by atoms with van der Waals surface area (Å²) in [6.07, 6.45) is 3.70. The fraction of sp³-hybridized carbons (Fsp3) is 0.238. The van der Waals surface area contributed by atoms with E-state index in [1.165, 1.54) is 12.1 Å². The van der Waals surface area contributed by atoms with Crippen LogP contribution in [0.15, 0.2) is 59.7 Å². The molecule has 2 heterocycles. The van der Waals surface area contributed by atoms with Gasteiger partial charge in [0.15, 0.2) is 0 Å². The number of carbonyl (C=O) groups excluding carboxylic acids is 1. The van der Waals surface area contributed by atoms with Crippen LogP contribution >= 0.6 is 0 Å². The fourth-order valence-corrected chi connectivity index (χ4v) is 3.24.